The Balaban J connectivity index is 1.78. The Kier molecular flexibility index (Phi) is 11.6. The molecule has 0 spiro atoms. The first-order chi connectivity index (χ1) is 10.4. The summed E-state index contributed by atoms with van der Waals surface area (Å²) < 4.78 is 5.67. The van der Waals surface area contributed by atoms with Crippen molar-refractivity contribution < 1.29 is 4.74 Å². The van der Waals surface area contributed by atoms with Crippen LogP contribution in [0, 0.1) is 0 Å². The van der Waals surface area contributed by atoms with Crippen molar-refractivity contribution in [3.05, 3.63) is 24.8 Å². The van der Waals surface area contributed by atoms with Gasteiger partial charge in [-0.25, -0.2) is 0 Å². The Bertz CT molecular complexity index is 269. The minimum absolute atomic E-state index is 0.518. The molecular formula is C20H36O. The lowest BCUT2D eigenvalue weighted by Gasteiger charge is -1.99. The minimum Gasteiger partial charge on any atom is -0.369 e. The van der Waals surface area contributed by atoms with Crippen molar-refractivity contribution >= 4 is 0 Å². The van der Waals surface area contributed by atoms with Crippen LogP contribution in [-0.4, -0.2) is 12.2 Å². The zero-order chi connectivity index (χ0) is 15.2. The van der Waals surface area contributed by atoms with Crippen molar-refractivity contribution in [3.63, 3.8) is 0 Å². The molecule has 1 heterocycles. The number of rotatable bonds is 15. The largest absolute Gasteiger partial charge is 0.369 e. The summed E-state index contributed by atoms with van der Waals surface area (Å²) in [6, 6.07) is 0. The third kappa shape index (κ3) is 10.8. The first-order valence-electron chi connectivity index (χ1n) is 9.29. The van der Waals surface area contributed by atoms with Gasteiger partial charge in [-0.2, -0.15) is 0 Å². The smallest absolute Gasteiger partial charge is 0.0876 e. The second kappa shape index (κ2) is 13.1. The molecule has 2 atom stereocenters. The van der Waals surface area contributed by atoms with Crippen molar-refractivity contribution in [1.82, 2.24) is 0 Å². The maximum absolute atomic E-state index is 5.67. The van der Waals surface area contributed by atoms with E-state index >= 15 is 0 Å². The fourth-order valence-corrected chi connectivity index (χ4v) is 2.85. The Morgan fingerprint density at radius 3 is 2.24 bits per heavy atom. The van der Waals surface area contributed by atoms with Crippen molar-refractivity contribution in [2.75, 3.05) is 0 Å². The Morgan fingerprint density at radius 1 is 0.810 bits per heavy atom. The quantitative estimate of drug-likeness (QED) is 0.188. The summed E-state index contributed by atoms with van der Waals surface area (Å²) in [7, 11) is 0. The molecule has 1 fully saturated rings. The highest BCUT2D eigenvalue weighted by molar-refractivity contribution is 4.93. The lowest BCUT2D eigenvalue weighted by molar-refractivity contribution is 0.361. The van der Waals surface area contributed by atoms with E-state index in [0.717, 1.165) is 12.8 Å². The van der Waals surface area contributed by atoms with Crippen LogP contribution in [0.5, 0.6) is 0 Å². The van der Waals surface area contributed by atoms with Gasteiger partial charge >= 0.3 is 0 Å². The standard InChI is InChI=1S/C20H36O/c1-3-5-7-8-9-10-11-12-13-14-16-18-20-19(21-20)17-15-6-4-2/h4,14,16,19-20H,2-3,5-13,15,17-18H2,1H3. The highest BCUT2D eigenvalue weighted by Gasteiger charge is 2.36. The van der Waals surface area contributed by atoms with Gasteiger partial charge < -0.3 is 4.74 Å². The van der Waals surface area contributed by atoms with Crippen molar-refractivity contribution in [3.8, 4) is 0 Å². The van der Waals surface area contributed by atoms with Crippen LogP contribution in [0.4, 0.5) is 0 Å². The van der Waals surface area contributed by atoms with Gasteiger partial charge in [-0.15, -0.1) is 6.58 Å². The molecule has 0 aromatic rings. The van der Waals surface area contributed by atoms with Crippen LogP contribution >= 0.6 is 0 Å². The molecule has 0 aliphatic carbocycles. The van der Waals surface area contributed by atoms with Crippen molar-refractivity contribution in [1.29, 1.82) is 0 Å². The molecule has 0 N–H and O–H groups in total. The first kappa shape index (κ1) is 18.5. The maximum Gasteiger partial charge on any atom is 0.0876 e. The van der Waals surface area contributed by atoms with E-state index in [1.54, 1.807) is 0 Å². The number of ether oxygens (including phenoxy) is 1. The highest BCUT2D eigenvalue weighted by atomic mass is 16.6. The zero-order valence-corrected chi connectivity index (χ0v) is 14.2. The average molecular weight is 293 g/mol. The summed E-state index contributed by atoms with van der Waals surface area (Å²) >= 11 is 0. The summed E-state index contributed by atoms with van der Waals surface area (Å²) in [5.74, 6) is 0. The second-order valence-electron chi connectivity index (χ2n) is 6.40. The predicted octanol–water partition coefficient (Wildman–Crippen LogP) is 6.59. The van der Waals surface area contributed by atoms with E-state index in [-0.39, 0.29) is 0 Å². The van der Waals surface area contributed by atoms with Gasteiger partial charge in [0.05, 0.1) is 12.2 Å². The summed E-state index contributed by atoms with van der Waals surface area (Å²) in [5, 5.41) is 0. The van der Waals surface area contributed by atoms with Gasteiger partial charge in [0, 0.05) is 0 Å². The van der Waals surface area contributed by atoms with Crippen LogP contribution in [0.3, 0.4) is 0 Å². The topological polar surface area (TPSA) is 12.5 Å². The molecule has 21 heavy (non-hydrogen) atoms. The maximum atomic E-state index is 5.67. The normalized spacial score (nSPS) is 21.0. The van der Waals surface area contributed by atoms with Gasteiger partial charge in [0.1, 0.15) is 0 Å². The molecule has 1 saturated heterocycles. The molecule has 0 bridgehead atoms. The molecule has 0 amide bonds. The molecule has 0 saturated carbocycles. The van der Waals surface area contributed by atoms with E-state index in [2.05, 4.69) is 25.7 Å². The number of hydrogen-bond donors (Lipinski definition) is 0. The third-order valence-electron chi connectivity index (χ3n) is 4.34. The van der Waals surface area contributed by atoms with Gasteiger partial charge in [-0.3, -0.25) is 0 Å². The molecule has 0 aromatic heterocycles. The van der Waals surface area contributed by atoms with Gasteiger partial charge in [0.15, 0.2) is 0 Å². The van der Waals surface area contributed by atoms with Crippen LogP contribution < -0.4 is 0 Å². The molecule has 0 radical (unpaired) electrons. The van der Waals surface area contributed by atoms with Gasteiger partial charge in [-0.1, -0.05) is 70.1 Å². The average Bonchev–Trinajstić information content (AvgIpc) is 3.23. The second-order valence-corrected chi connectivity index (χ2v) is 6.40. The summed E-state index contributed by atoms with van der Waals surface area (Å²) in [4.78, 5) is 0. The minimum atomic E-state index is 0.518. The van der Waals surface area contributed by atoms with E-state index in [4.69, 9.17) is 4.74 Å². The lowest BCUT2D eigenvalue weighted by atomic mass is 10.1. The SMILES string of the molecule is C=CCCCC1OC1CC=CCCCCCCCCCC. The van der Waals surface area contributed by atoms with Crippen LogP contribution in [0.1, 0.15) is 90.4 Å². The van der Waals surface area contributed by atoms with E-state index in [0.29, 0.717) is 12.2 Å². The number of allylic oxidation sites excluding steroid dienone is 2. The fraction of sp³-hybridized carbons (Fsp3) is 0.800. The molecule has 2 unspecified atom stereocenters. The van der Waals surface area contributed by atoms with E-state index in [9.17, 15) is 0 Å². The highest BCUT2D eigenvalue weighted by Crippen LogP contribution is 2.30. The summed E-state index contributed by atoms with van der Waals surface area (Å²) in [6.45, 7) is 6.03. The number of hydrogen-bond acceptors (Lipinski definition) is 1. The zero-order valence-electron chi connectivity index (χ0n) is 14.2. The first-order valence-corrected chi connectivity index (χ1v) is 9.29. The van der Waals surface area contributed by atoms with Crippen LogP contribution in [-0.2, 0) is 4.74 Å². The molecule has 0 aromatic carbocycles. The number of epoxide rings is 1. The molecular weight excluding hydrogens is 256 g/mol. The molecule has 122 valence electrons. The summed E-state index contributed by atoms with van der Waals surface area (Å²) in [6.07, 6.45) is 25.0. The Labute approximate surface area is 132 Å². The lowest BCUT2D eigenvalue weighted by Crippen LogP contribution is -1.92. The van der Waals surface area contributed by atoms with Gasteiger partial charge in [0.2, 0.25) is 0 Å². The fourth-order valence-electron chi connectivity index (χ4n) is 2.85. The molecule has 1 heteroatoms. The molecule has 1 rings (SSSR count). The van der Waals surface area contributed by atoms with Crippen LogP contribution in [0.2, 0.25) is 0 Å². The van der Waals surface area contributed by atoms with Gasteiger partial charge in [-0.05, 0) is 38.5 Å². The monoisotopic (exact) mass is 292 g/mol. The molecule has 1 aliphatic rings. The van der Waals surface area contributed by atoms with E-state index in [1.807, 2.05) is 6.08 Å². The van der Waals surface area contributed by atoms with Gasteiger partial charge in [0.25, 0.3) is 0 Å². The Hall–Kier alpha value is -0.560. The number of unbranched alkanes of at least 4 members (excludes halogenated alkanes) is 9. The van der Waals surface area contributed by atoms with Crippen molar-refractivity contribution in [2.45, 2.75) is 103 Å². The Morgan fingerprint density at radius 2 is 1.52 bits per heavy atom. The summed E-state index contributed by atoms with van der Waals surface area (Å²) in [5.41, 5.74) is 0. The third-order valence-corrected chi connectivity index (χ3v) is 4.34. The van der Waals surface area contributed by atoms with Crippen LogP contribution in [0.25, 0.3) is 0 Å². The molecule has 1 aliphatic heterocycles. The van der Waals surface area contributed by atoms with Crippen molar-refractivity contribution in [2.24, 2.45) is 0 Å². The van der Waals surface area contributed by atoms with E-state index in [1.165, 1.54) is 70.6 Å². The van der Waals surface area contributed by atoms with Crippen LogP contribution in [0.15, 0.2) is 24.8 Å². The van der Waals surface area contributed by atoms with E-state index < -0.39 is 0 Å². The predicted molar refractivity (Wildman–Crippen MR) is 93.7 cm³/mol. The molecule has 1 nitrogen and oxygen atoms in total.